The monoisotopic (exact) mass is 1490 g/mol. The number of aryl methyl sites for hydroxylation is 3. The third-order valence-electron chi connectivity index (χ3n) is 18.8. The molecule has 19 heteroatoms. The van der Waals surface area contributed by atoms with Gasteiger partial charge in [0, 0.05) is 92.8 Å². The highest BCUT2D eigenvalue weighted by molar-refractivity contribution is 6.54. The van der Waals surface area contributed by atoms with Crippen molar-refractivity contribution in [1.29, 1.82) is 5.26 Å². The van der Waals surface area contributed by atoms with Crippen LogP contribution in [0.1, 0.15) is 115 Å². The molecule has 0 spiro atoms. The molecule has 0 N–H and O–H groups in total. The molecular formula is C94H70N8O11. The van der Waals surface area contributed by atoms with Crippen molar-refractivity contribution in [3.8, 4) is 23.1 Å². The normalized spacial score (nSPS) is 11.3. The van der Waals surface area contributed by atoms with Crippen LogP contribution in [0, 0.1) is 42.2 Å². The Labute approximate surface area is 649 Å². The van der Waals surface area contributed by atoms with E-state index in [1.807, 2.05) is 212 Å². The maximum atomic E-state index is 14.2. The lowest BCUT2D eigenvalue weighted by Crippen LogP contribution is -2.18. The van der Waals surface area contributed by atoms with Crippen LogP contribution < -0.4 is 0 Å². The number of ketones is 3. The predicted octanol–water partition coefficient (Wildman–Crippen LogP) is 19.6. The van der Waals surface area contributed by atoms with Crippen LogP contribution in [0.2, 0.25) is 0 Å². The van der Waals surface area contributed by atoms with Gasteiger partial charge in [0.25, 0.3) is 5.69 Å². The molecule has 0 saturated carbocycles. The molecule has 0 saturated heterocycles. The number of Topliss-reactive ketones (excluding diaryl/α,β-unsaturated/α-hetero) is 2. The Hall–Kier alpha value is -15.4. The summed E-state index contributed by atoms with van der Waals surface area (Å²) in [5, 5.41) is 35.6. The molecule has 15 aromatic rings. The maximum absolute atomic E-state index is 14.2. The van der Waals surface area contributed by atoms with Crippen LogP contribution in [0.25, 0.3) is 49.8 Å². The summed E-state index contributed by atoms with van der Waals surface area (Å²) in [5.41, 5.74) is 13.9. The number of nitrogens with zero attached hydrogens (tertiary/aromatic N) is 8. The van der Waals surface area contributed by atoms with E-state index >= 15 is 0 Å². The minimum absolute atomic E-state index is 0.000364. The van der Waals surface area contributed by atoms with E-state index in [-0.39, 0.29) is 40.9 Å². The minimum Gasteiger partial charge on any atom is -0.318 e. The summed E-state index contributed by atoms with van der Waals surface area (Å²) in [6, 6.07) is 94.6. The highest BCUT2D eigenvalue weighted by Crippen LogP contribution is 2.34. The molecule has 19 nitrogen and oxygen atoms in total. The Morgan fingerprint density at radius 3 is 1.26 bits per heavy atom. The van der Waals surface area contributed by atoms with E-state index < -0.39 is 22.8 Å². The topological polar surface area (TPSA) is 249 Å². The molecule has 0 atom stereocenters. The summed E-state index contributed by atoms with van der Waals surface area (Å²) in [6.45, 7) is 7.47. The molecule has 0 aliphatic rings. The van der Waals surface area contributed by atoms with Crippen molar-refractivity contribution < 1.29 is 48.2 Å². The molecule has 0 aliphatic carbocycles. The highest BCUT2D eigenvalue weighted by Gasteiger charge is 2.28. The number of carbonyl (C=O) groups excluding carboxylic acids is 6. The van der Waals surface area contributed by atoms with Crippen molar-refractivity contribution in [3.05, 3.63) is 416 Å². The van der Waals surface area contributed by atoms with E-state index in [9.17, 15) is 38.9 Å². The molecule has 0 radical (unpaired) electrons. The van der Waals surface area contributed by atoms with E-state index in [0.717, 1.165) is 66.5 Å². The van der Waals surface area contributed by atoms with Crippen LogP contribution in [0.15, 0.2) is 343 Å². The van der Waals surface area contributed by atoms with Crippen molar-refractivity contribution in [2.75, 3.05) is 0 Å². The quantitative estimate of drug-likeness (QED) is 0.0214. The number of hydrogen-bond donors (Lipinski definition) is 0. The number of nitro benzene ring substituents is 1. The van der Waals surface area contributed by atoms with Gasteiger partial charge in [-0.15, -0.1) is 0 Å². The van der Waals surface area contributed by atoms with E-state index in [0.29, 0.717) is 73.3 Å². The van der Waals surface area contributed by atoms with Gasteiger partial charge in [0.1, 0.15) is 5.69 Å². The van der Waals surface area contributed by atoms with Crippen molar-refractivity contribution in [1.82, 2.24) is 13.7 Å². The Morgan fingerprint density at radius 2 is 0.788 bits per heavy atom. The molecule has 15 rings (SSSR count). The zero-order valence-electron chi connectivity index (χ0n) is 61.7. The fourth-order valence-corrected chi connectivity index (χ4v) is 12.9. The second-order valence-corrected chi connectivity index (χ2v) is 26.1. The molecule has 12 aromatic carbocycles. The number of nitriles is 1. The molecule has 3 heterocycles. The SMILES string of the molecule is CCC(=O)O/N=C(\Cc1ccccc1C)c1cn(-c2ccccc2[N+](=O)[O-])c2ccccc12.Cc1ccccc1/C(=N\OC(=O)c1ccccc1)C(=O)c1cn(-c2ccc(C#N)cc2)c2ccccc12.Cc1ccccc1/C(=N\OC(=O)c1ccccc1)C(=O)c1cn(-c2ccc(C(=O)c3ccccc3)cc2)c2ccccc12. The van der Waals surface area contributed by atoms with E-state index in [1.165, 1.54) is 6.07 Å². The summed E-state index contributed by atoms with van der Waals surface area (Å²) < 4.78 is 5.60. The number of para-hydroxylation sites is 5. The van der Waals surface area contributed by atoms with Crippen LogP contribution in [0.3, 0.4) is 0 Å². The largest absolute Gasteiger partial charge is 0.365 e. The Balaban J connectivity index is 0.000000150. The van der Waals surface area contributed by atoms with Crippen LogP contribution >= 0.6 is 0 Å². The molecule has 0 bridgehead atoms. The second kappa shape index (κ2) is 35.1. The molecule has 552 valence electrons. The lowest BCUT2D eigenvalue weighted by Gasteiger charge is -2.08. The standard InChI is InChI=1S/C37H26N2O4.C31H21N3O3.C26H23N3O4/c1-25-12-8-9-17-30(25)34(38-43-37(42)28-15-6-3-7-16-28)36(41)32-24-39(33-19-11-10-18-31(32)33)29-22-20-27(21-23-29)35(40)26-13-4-2-5-14-26;1-21-9-5-6-12-25(21)29(33-37-31(36)23-10-3-2-4-11-23)30(35)27-20-34(28-14-8-7-13-26(27)28)24-17-15-22(19-32)16-18-24;1-3-26(30)33-27-22(16-19-11-5-4-10-18(19)2)21-17-28(23-13-7-6-12-20(21)23)24-14-8-9-15-25(24)29(31)32/h2-24H,1H3;2-18,20H,1H3;4-15,17H,3,16H2,1-2H3/b38-34+;33-29+;27-22+. The molecule has 0 amide bonds. The van der Waals surface area contributed by atoms with Crippen molar-refractivity contribution in [3.63, 3.8) is 0 Å². The number of hydrogen-bond acceptors (Lipinski definition) is 15. The smallest absolute Gasteiger partial charge is 0.318 e. The first-order chi connectivity index (χ1) is 55.1. The van der Waals surface area contributed by atoms with Crippen LogP contribution in [-0.2, 0) is 25.7 Å². The number of rotatable bonds is 21. The first-order valence-electron chi connectivity index (χ1n) is 36.0. The first-order valence-corrected chi connectivity index (χ1v) is 36.0. The predicted molar refractivity (Wildman–Crippen MR) is 437 cm³/mol. The van der Waals surface area contributed by atoms with Gasteiger partial charge >= 0.3 is 17.9 Å². The fraction of sp³-hybridized carbons (Fsp3) is 0.0638. The zero-order valence-corrected chi connectivity index (χ0v) is 61.7. The summed E-state index contributed by atoms with van der Waals surface area (Å²) in [5.74, 6) is -2.57. The van der Waals surface area contributed by atoms with Gasteiger partial charge in [-0.3, -0.25) is 24.5 Å². The average Bonchev–Trinajstić information content (AvgIpc) is 1.63. The van der Waals surface area contributed by atoms with Gasteiger partial charge in [-0.2, -0.15) is 5.26 Å². The van der Waals surface area contributed by atoms with Crippen molar-refractivity contribution >= 4 is 90.8 Å². The molecule has 0 unspecified atom stereocenters. The van der Waals surface area contributed by atoms with Crippen LogP contribution in [0.4, 0.5) is 5.69 Å². The summed E-state index contributed by atoms with van der Waals surface area (Å²) in [6.07, 6.45) is 5.98. The number of aromatic nitrogens is 3. The fourth-order valence-electron chi connectivity index (χ4n) is 12.9. The molecule has 113 heavy (non-hydrogen) atoms. The second-order valence-electron chi connectivity index (χ2n) is 26.1. The van der Waals surface area contributed by atoms with Crippen molar-refractivity contribution in [2.45, 2.75) is 40.5 Å². The number of carbonyl (C=O) groups is 6. The van der Waals surface area contributed by atoms with Gasteiger partial charge in [-0.05, 0) is 140 Å². The summed E-state index contributed by atoms with van der Waals surface area (Å²) in [4.78, 5) is 105. The Morgan fingerprint density at radius 1 is 0.398 bits per heavy atom. The number of oxime groups is 3. The molecule has 0 aliphatic heterocycles. The minimum atomic E-state index is -0.660. The highest BCUT2D eigenvalue weighted by atomic mass is 16.7. The van der Waals surface area contributed by atoms with Gasteiger partial charge in [0.15, 0.2) is 17.2 Å². The molecule has 0 fully saturated rings. The summed E-state index contributed by atoms with van der Waals surface area (Å²) in [7, 11) is 0. The summed E-state index contributed by atoms with van der Waals surface area (Å²) >= 11 is 0. The average molecular weight is 1490 g/mol. The number of nitro groups is 1. The van der Waals surface area contributed by atoms with Gasteiger partial charge in [-0.25, -0.2) is 14.4 Å². The first kappa shape index (κ1) is 75.8. The third-order valence-corrected chi connectivity index (χ3v) is 18.8. The van der Waals surface area contributed by atoms with Gasteiger partial charge < -0.3 is 28.2 Å². The van der Waals surface area contributed by atoms with Gasteiger partial charge in [-0.1, -0.05) is 229 Å². The van der Waals surface area contributed by atoms with E-state index in [4.69, 9.17) is 19.8 Å². The molecule has 3 aromatic heterocycles. The van der Waals surface area contributed by atoms with Crippen LogP contribution in [-0.4, -0.2) is 71.0 Å². The lowest BCUT2D eigenvalue weighted by atomic mass is 9.97. The molecular weight excluding hydrogens is 1420 g/mol. The Bertz CT molecular complexity index is 6250. The van der Waals surface area contributed by atoms with Crippen LogP contribution in [0.5, 0.6) is 0 Å². The zero-order chi connectivity index (χ0) is 78.9. The van der Waals surface area contributed by atoms with E-state index in [1.54, 1.807) is 151 Å². The Kier molecular flexibility index (Phi) is 23.5. The van der Waals surface area contributed by atoms with Gasteiger partial charge in [0.05, 0.1) is 61.1 Å². The number of fused-ring (bicyclic) bond motifs is 3. The van der Waals surface area contributed by atoms with E-state index in [2.05, 4.69) is 21.5 Å². The lowest BCUT2D eigenvalue weighted by molar-refractivity contribution is -0.384. The van der Waals surface area contributed by atoms with Crippen molar-refractivity contribution in [2.24, 2.45) is 15.5 Å². The number of benzene rings is 12. The maximum Gasteiger partial charge on any atom is 0.365 e. The van der Waals surface area contributed by atoms with Gasteiger partial charge in [0.2, 0.25) is 11.6 Å². The third kappa shape index (κ3) is 17.1.